The van der Waals surface area contributed by atoms with E-state index in [1.165, 1.54) is 12.1 Å². The average molecular weight is 353 g/mol. The van der Waals surface area contributed by atoms with Crippen LogP contribution in [0.1, 0.15) is 27.8 Å². The fraction of sp³-hybridized carbons (Fsp3) is 0.158. The predicted molar refractivity (Wildman–Crippen MR) is 91.5 cm³/mol. The molecule has 2 heterocycles. The molecule has 0 saturated heterocycles. The molecule has 6 nitrogen and oxygen atoms in total. The molecular formula is C19H16FN3O3. The largest absolute Gasteiger partial charge is 0.454 e. The van der Waals surface area contributed by atoms with Gasteiger partial charge in [-0.05, 0) is 35.9 Å². The van der Waals surface area contributed by atoms with Crippen LogP contribution in [0, 0.1) is 5.82 Å². The Morgan fingerprint density at radius 1 is 1.19 bits per heavy atom. The predicted octanol–water partition coefficient (Wildman–Crippen LogP) is 2.81. The number of rotatable bonds is 4. The van der Waals surface area contributed by atoms with Crippen molar-refractivity contribution in [3.05, 3.63) is 77.6 Å². The molecule has 2 aromatic carbocycles. The van der Waals surface area contributed by atoms with Crippen LogP contribution in [-0.4, -0.2) is 22.3 Å². The molecule has 1 N–H and O–H groups in total. The quantitative estimate of drug-likeness (QED) is 0.783. The third-order valence-electron chi connectivity index (χ3n) is 4.23. The molecule has 1 atom stereocenters. The number of imidazole rings is 1. The molecule has 0 radical (unpaired) electrons. The van der Waals surface area contributed by atoms with Crippen LogP contribution in [0.2, 0.25) is 0 Å². The van der Waals surface area contributed by atoms with E-state index in [0.717, 1.165) is 5.56 Å². The standard InChI is InChI=1S/C19H16FN3O3/c1-23-9-8-21-18(23)17(12-2-5-14(20)6-3-12)22-19(24)13-4-7-15-16(10-13)26-11-25-15/h2-10,17H,11H2,1H3,(H,22,24). The summed E-state index contributed by atoms with van der Waals surface area (Å²) in [5, 5.41) is 2.96. The zero-order valence-electron chi connectivity index (χ0n) is 14.0. The zero-order valence-corrected chi connectivity index (χ0v) is 14.0. The van der Waals surface area contributed by atoms with E-state index >= 15 is 0 Å². The van der Waals surface area contributed by atoms with Crippen LogP contribution in [-0.2, 0) is 7.05 Å². The van der Waals surface area contributed by atoms with E-state index in [2.05, 4.69) is 10.3 Å². The number of nitrogens with one attached hydrogen (secondary N) is 1. The van der Waals surface area contributed by atoms with Crippen molar-refractivity contribution in [2.75, 3.05) is 6.79 Å². The van der Waals surface area contributed by atoms with Gasteiger partial charge in [-0.25, -0.2) is 9.37 Å². The first-order valence-electron chi connectivity index (χ1n) is 8.05. The number of carbonyl (C=O) groups excluding carboxylic acids is 1. The highest BCUT2D eigenvalue weighted by Crippen LogP contribution is 2.32. The van der Waals surface area contributed by atoms with E-state index < -0.39 is 6.04 Å². The second-order valence-electron chi connectivity index (χ2n) is 5.92. The molecular weight excluding hydrogens is 337 g/mol. The number of hydrogen-bond donors (Lipinski definition) is 1. The second kappa shape index (κ2) is 6.51. The Morgan fingerprint density at radius 3 is 2.69 bits per heavy atom. The summed E-state index contributed by atoms with van der Waals surface area (Å²) in [7, 11) is 1.84. The van der Waals surface area contributed by atoms with Gasteiger partial charge in [0, 0.05) is 25.0 Å². The van der Waals surface area contributed by atoms with Crippen LogP contribution in [0.15, 0.2) is 54.9 Å². The first-order valence-corrected chi connectivity index (χ1v) is 8.05. The second-order valence-corrected chi connectivity index (χ2v) is 5.92. The Balaban J connectivity index is 1.65. The van der Waals surface area contributed by atoms with Crippen molar-refractivity contribution in [2.45, 2.75) is 6.04 Å². The van der Waals surface area contributed by atoms with E-state index in [1.54, 1.807) is 42.7 Å². The summed E-state index contributed by atoms with van der Waals surface area (Å²) >= 11 is 0. The van der Waals surface area contributed by atoms with Crippen molar-refractivity contribution < 1.29 is 18.7 Å². The molecule has 1 unspecified atom stereocenters. The minimum Gasteiger partial charge on any atom is -0.454 e. The maximum atomic E-state index is 13.3. The number of ether oxygens (including phenoxy) is 2. The average Bonchev–Trinajstić information content (AvgIpc) is 3.28. The molecule has 0 aliphatic carbocycles. The van der Waals surface area contributed by atoms with Crippen LogP contribution in [0.5, 0.6) is 11.5 Å². The first kappa shape index (κ1) is 16.1. The fourth-order valence-electron chi connectivity index (χ4n) is 2.86. The normalized spacial score (nSPS) is 13.5. The third kappa shape index (κ3) is 2.99. The monoisotopic (exact) mass is 353 g/mol. The van der Waals surface area contributed by atoms with Gasteiger partial charge in [-0.1, -0.05) is 12.1 Å². The van der Waals surface area contributed by atoms with Crippen molar-refractivity contribution in [3.63, 3.8) is 0 Å². The smallest absolute Gasteiger partial charge is 0.252 e. The topological polar surface area (TPSA) is 65.4 Å². The van der Waals surface area contributed by atoms with Crippen LogP contribution in [0.4, 0.5) is 4.39 Å². The number of aryl methyl sites for hydroxylation is 1. The number of benzene rings is 2. The first-order chi connectivity index (χ1) is 12.6. The summed E-state index contributed by atoms with van der Waals surface area (Å²) in [6, 6.07) is 10.5. The van der Waals surface area contributed by atoms with Crippen LogP contribution in [0.3, 0.4) is 0 Å². The van der Waals surface area contributed by atoms with E-state index in [-0.39, 0.29) is 18.5 Å². The zero-order chi connectivity index (χ0) is 18.1. The van der Waals surface area contributed by atoms with Crippen molar-refractivity contribution in [3.8, 4) is 11.5 Å². The molecule has 7 heteroatoms. The molecule has 1 amide bonds. The molecule has 0 saturated carbocycles. The number of aromatic nitrogens is 2. The Labute approximate surface area is 149 Å². The molecule has 3 aromatic rings. The van der Waals surface area contributed by atoms with Gasteiger partial charge >= 0.3 is 0 Å². The van der Waals surface area contributed by atoms with Crippen LogP contribution in [0.25, 0.3) is 0 Å². The minimum atomic E-state index is -0.520. The number of amides is 1. The number of hydrogen-bond acceptors (Lipinski definition) is 4. The highest BCUT2D eigenvalue weighted by atomic mass is 19.1. The van der Waals surface area contributed by atoms with Gasteiger partial charge in [-0.3, -0.25) is 4.79 Å². The lowest BCUT2D eigenvalue weighted by Gasteiger charge is -2.19. The molecule has 1 aliphatic heterocycles. The van der Waals surface area contributed by atoms with Gasteiger partial charge < -0.3 is 19.4 Å². The van der Waals surface area contributed by atoms with Crippen molar-refractivity contribution in [1.29, 1.82) is 0 Å². The third-order valence-corrected chi connectivity index (χ3v) is 4.23. The fourth-order valence-corrected chi connectivity index (χ4v) is 2.86. The molecule has 4 rings (SSSR count). The highest BCUT2D eigenvalue weighted by Gasteiger charge is 2.23. The number of fused-ring (bicyclic) bond motifs is 1. The van der Waals surface area contributed by atoms with Gasteiger partial charge in [0.05, 0.1) is 0 Å². The van der Waals surface area contributed by atoms with Gasteiger partial charge in [0.2, 0.25) is 6.79 Å². The van der Waals surface area contributed by atoms with Gasteiger partial charge in [0.15, 0.2) is 11.5 Å². The van der Waals surface area contributed by atoms with Crippen LogP contribution >= 0.6 is 0 Å². The van der Waals surface area contributed by atoms with Crippen molar-refractivity contribution in [2.24, 2.45) is 7.05 Å². The number of carbonyl (C=O) groups is 1. The lowest BCUT2D eigenvalue weighted by molar-refractivity contribution is 0.0940. The molecule has 1 aliphatic rings. The van der Waals surface area contributed by atoms with Crippen LogP contribution < -0.4 is 14.8 Å². The summed E-state index contributed by atoms with van der Waals surface area (Å²) in [6.07, 6.45) is 3.44. The van der Waals surface area contributed by atoms with Gasteiger partial charge in [-0.15, -0.1) is 0 Å². The van der Waals surface area contributed by atoms with Gasteiger partial charge in [0.1, 0.15) is 17.7 Å². The molecule has 132 valence electrons. The van der Waals surface area contributed by atoms with E-state index in [9.17, 15) is 9.18 Å². The number of nitrogens with zero attached hydrogens (tertiary/aromatic N) is 2. The molecule has 1 aromatic heterocycles. The molecule has 0 bridgehead atoms. The van der Waals surface area contributed by atoms with Crippen molar-refractivity contribution in [1.82, 2.24) is 14.9 Å². The molecule has 0 spiro atoms. The maximum Gasteiger partial charge on any atom is 0.252 e. The van der Waals surface area contributed by atoms with E-state index in [1.807, 2.05) is 11.6 Å². The maximum absolute atomic E-state index is 13.3. The van der Waals surface area contributed by atoms with E-state index in [0.29, 0.717) is 22.9 Å². The Kier molecular flexibility index (Phi) is 4.04. The highest BCUT2D eigenvalue weighted by molar-refractivity contribution is 5.95. The van der Waals surface area contributed by atoms with Gasteiger partial charge in [-0.2, -0.15) is 0 Å². The number of halogens is 1. The molecule has 0 fully saturated rings. The summed E-state index contributed by atoms with van der Waals surface area (Å²) in [4.78, 5) is 17.1. The lowest BCUT2D eigenvalue weighted by atomic mass is 10.0. The summed E-state index contributed by atoms with van der Waals surface area (Å²) < 4.78 is 25.7. The van der Waals surface area contributed by atoms with Crippen molar-refractivity contribution >= 4 is 5.91 Å². The lowest BCUT2D eigenvalue weighted by Crippen LogP contribution is -2.31. The Hall–Kier alpha value is -3.35. The minimum absolute atomic E-state index is 0.145. The summed E-state index contributed by atoms with van der Waals surface area (Å²) in [5.74, 6) is 1.16. The Morgan fingerprint density at radius 2 is 1.96 bits per heavy atom. The summed E-state index contributed by atoms with van der Waals surface area (Å²) in [6.45, 7) is 0.145. The Bertz CT molecular complexity index is 953. The molecule has 26 heavy (non-hydrogen) atoms. The van der Waals surface area contributed by atoms with E-state index in [4.69, 9.17) is 9.47 Å². The summed E-state index contributed by atoms with van der Waals surface area (Å²) in [5.41, 5.74) is 1.17. The SMILES string of the molecule is Cn1ccnc1C(NC(=O)c1ccc2c(c1)OCO2)c1ccc(F)cc1. The van der Waals surface area contributed by atoms with Gasteiger partial charge in [0.25, 0.3) is 5.91 Å².